The van der Waals surface area contributed by atoms with Crippen molar-refractivity contribution in [1.29, 1.82) is 0 Å². The highest BCUT2D eigenvalue weighted by atomic mass is 79.9. The molecule has 2 aromatic carbocycles. The summed E-state index contributed by atoms with van der Waals surface area (Å²) in [6, 6.07) is 12.4. The Morgan fingerprint density at radius 1 is 1.05 bits per heavy atom. The molecular weight excluding hydrogens is 314 g/mol. The van der Waals surface area contributed by atoms with Crippen LogP contribution < -0.4 is 10.1 Å². The second-order valence-corrected chi connectivity index (χ2v) is 5.87. The van der Waals surface area contributed by atoms with Gasteiger partial charge in [-0.25, -0.2) is 0 Å². The predicted octanol–water partition coefficient (Wildman–Crippen LogP) is 4.97. The Kier molecular flexibility index (Phi) is 5.21. The Labute approximate surface area is 129 Å². The second-order valence-electron chi connectivity index (χ2n) is 4.96. The molecule has 0 aliphatic carbocycles. The van der Waals surface area contributed by atoms with E-state index in [1.54, 1.807) is 0 Å². The van der Waals surface area contributed by atoms with Crippen LogP contribution in [0, 0.1) is 13.8 Å². The van der Waals surface area contributed by atoms with Gasteiger partial charge in [-0.3, -0.25) is 0 Å². The zero-order valence-electron chi connectivity index (χ0n) is 12.2. The minimum Gasteiger partial charge on any atom is -0.457 e. The minimum absolute atomic E-state index is 0.802. The summed E-state index contributed by atoms with van der Waals surface area (Å²) in [5.41, 5.74) is 3.58. The highest BCUT2D eigenvalue weighted by Crippen LogP contribution is 2.29. The van der Waals surface area contributed by atoms with Crippen molar-refractivity contribution in [2.45, 2.75) is 27.3 Å². The van der Waals surface area contributed by atoms with E-state index in [1.165, 1.54) is 11.1 Å². The fourth-order valence-electron chi connectivity index (χ4n) is 2.16. The van der Waals surface area contributed by atoms with E-state index in [0.29, 0.717) is 0 Å². The molecule has 2 aromatic rings. The molecule has 0 atom stereocenters. The van der Waals surface area contributed by atoms with Crippen molar-refractivity contribution in [1.82, 2.24) is 5.32 Å². The zero-order chi connectivity index (χ0) is 14.5. The number of aryl methyl sites for hydroxylation is 2. The van der Waals surface area contributed by atoms with Crippen LogP contribution in [0.15, 0.2) is 40.9 Å². The third-order valence-corrected chi connectivity index (χ3v) is 3.50. The first kappa shape index (κ1) is 15.1. The summed E-state index contributed by atoms with van der Waals surface area (Å²) in [7, 11) is 0. The number of ether oxygens (including phenoxy) is 1. The molecule has 3 heteroatoms. The SMILES string of the molecule is CCNCc1cc(Br)ccc1Oc1cc(C)cc(C)c1. The topological polar surface area (TPSA) is 21.3 Å². The van der Waals surface area contributed by atoms with E-state index in [2.05, 4.69) is 66.3 Å². The highest BCUT2D eigenvalue weighted by Gasteiger charge is 2.06. The average molecular weight is 334 g/mol. The van der Waals surface area contributed by atoms with Crippen molar-refractivity contribution in [3.8, 4) is 11.5 Å². The monoisotopic (exact) mass is 333 g/mol. The van der Waals surface area contributed by atoms with Crippen LogP contribution in [0.1, 0.15) is 23.6 Å². The molecule has 106 valence electrons. The van der Waals surface area contributed by atoms with E-state index in [4.69, 9.17) is 4.74 Å². The first-order chi connectivity index (χ1) is 9.58. The lowest BCUT2D eigenvalue weighted by molar-refractivity contribution is 0.472. The van der Waals surface area contributed by atoms with Crippen LogP contribution in [0.3, 0.4) is 0 Å². The number of hydrogen-bond acceptors (Lipinski definition) is 2. The van der Waals surface area contributed by atoms with E-state index in [9.17, 15) is 0 Å². The number of nitrogens with one attached hydrogen (secondary N) is 1. The lowest BCUT2D eigenvalue weighted by atomic mass is 10.1. The van der Waals surface area contributed by atoms with Crippen LogP contribution in [0.2, 0.25) is 0 Å². The second kappa shape index (κ2) is 6.91. The molecule has 20 heavy (non-hydrogen) atoms. The van der Waals surface area contributed by atoms with Crippen LogP contribution in [0.5, 0.6) is 11.5 Å². The molecule has 0 fully saturated rings. The normalized spacial score (nSPS) is 10.6. The van der Waals surface area contributed by atoms with Gasteiger partial charge in [0.2, 0.25) is 0 Å². The van der Waals surface area contributed by atoms with Gasteiger partial charge in [0.05, 0.1) is 0 Å². The zero-order valence-corrected chi connectivity index (χ0v) is 13.8. The number of rotatable bonds is 5. The maximum atomic E-state index is 6.06. The number of halogens is 1. The summed E-state index contributed by atoms with van der Waals surface area (Å²) in [5.74, 6) is 1.79. The van der Waals surface area contributed by atoms with Crippen molar-refractivity contribution < 1.29 is 4.74 Å². The summed E-state index contributed by atoms with van der Waals surface area (Å²) in [4.78, 5) is 0. The first-order valence-corrected chi connectivity index (χ1v) is 7.63. The molecule has 0 aliphatic heterocycles. The van der Waals surface area contributed by atoms with Gasteiger partial charge in [0.1, 0.15) is 11.5 Å². The van der Waals surface area contributed by atoms with E-state index in [1.807, 2.05) is 12.1 Å². The molecule has 2 nitrogen and oxygen atoms in total. The molecule has 0 aromatic heterocycles. The molecule has 1 N–H and O–H groups in total. The Balaban J connectivity index is 2.27. The standard InChI is InChI=1S/C17H20BrNO/c1-4-19-11-14-10-15(18)5-6-17(14)20-16-8-12(2)7-13(3)9-16/h5-10,19H,4,11H2,1-3H3. The van der Waals surface area contributed by atoms with Crippen LogP contribution in [0.4, 0.5) is 0 Å². The molecular formula is C17H20BrNO. The summed E-state index contributed by atoms with van der Waals surface area (Å²) in [6.07, 6.45) is 0. The van der Waals surface area contributed by atoms with Crippen LogP contribution in [0.25, 0.3) is 0 Å². The van der Waals surface area contributed by atoms with E-state index in [-0.39, 0.29) is 0 Å². The number of benzene rings is 2. The minimum atomic E-state index is 0.802. The van der Waals surface area contributed by atoms with E-state index < -0.39 is 0 Å². The van der Waals surface area contributed by atoms with E-state index >= 15 is 0 Å². The quantitative estimate of drug-likeness (QED) is 0.834. The van der Waals surface area contributed by atoms with E-state index in [0.717, 1.165) is 34.6 Å². The molecule has 0 radical (unpaired) electrons. The van der Waals surface area contributed by atoms with Gasteiger partial charge < -0.3 is 10.1 Å². The van der Waals surface area contributed by atoms with Gasteiger partial charge in [0, 0.05) is 16.6 Å². The van der Waals surface area contributed by atoms with Gasteiger partial charge in [-0.2, -0.15) is 0 Å². The largest absolute Gasteiger partial charge is 0.457 e. The number of hydrogen-bond donors (Lipinski definition) is 1. The Bertz CT molecular complexity index is 575. The van der Waals surface area contributed by atoms with Crippen molar-refractivity contribution in [2.24, 2.45) is 0 Å². The molecule has 0 aliphatic rings. The Hall–Kier alpha value is -1.32. The smallest absolute Gasteiger partial charge is 0.131 e. The molecule has 0 amide bonds. The maximum Gasteiger partial charge on any atom is 0.131 e. The van der Waals surface area contributed by atoms with Crippen molar-refractivity contribution >= 4 is 15.9 Å². The molecule has 2 rings (SSSR count). The van der Waals surface area contributed by atoms with Crippen molar-refractivity contribution in [2.75, 3.05) is 6.54 Å². The fourth-order valence-corrected chi connectivity index (χ4v) is 2.57. The lowest BCUT2D eigenvalue weighted by Crippen LogP contribution is -2.12. The van der Waals surface area contributed by atoms with Gasteiger partial charge >= 0.3 is 0 Å². The average Bonchev–Trinajstić information content (AvgIpc) is 2.38. The van der Waals surface area contributed by atoms with Gasteiger partial charge in [0.25, 0.3) is 0 Å². The third-order valence-electron chi connectivity index (χ3n) is 3.01. The lowest BCUT2D eigenvalue weighted by Gasteiger charge is -2.13. The Morgan fingerprint density at radius 2 is 1.75 bits per heavy atom. The molecule has 0 saturated carbocycles. The molecule has 0 saturated heterocycles. The van der Waals surface area contributed by atoms with Gasteiger partial charge in [0.15, 0.2) is 0 Å². The third kappa shape index (κ3) is 4.09. The van der Waals surface area contributed by atoms with Crippen LogP contribution in [-0.2, 0) is 6.54 Å². The van der Waals surface area contributed by atoms with Gasteiger partial charge in [-0.05, 0) is 61.9 Å². The summed E-state index contributed by atoms with van der Waals surface area (Å²) >= 11 is 3.51. The fraction of sp³-hybridized carbons (Fsp3) is 0.294. The van der Waals surface area contributed by atoms with Crippen LogP contribution >= 0.6 is 15.9 Å². The van der Waals surface area contributed by atoms with Crippen LogP contribution in [-0.4, -0.2) is 6.54 Å². The van der Waals surface area contributed by atoms with Crippen molar-refractivity contribution in [3.05, 3.63) is 57.6 Å². The highest BCUT2D eigenvalue weighted by molar-refractivity contribution is 9.10. The summed E-state index contributed by atoms with van der Waals surface area (Å²) in [6.45, 7) is 8.01. The van der Waals surface area contributed by atoms with Gasteiger partial charge in [-0.1, -0.05) is 28.9 Å². The Morgan fingerprint density at radius 3 is 2.40 bits per heavy atom. The molecule has 0 spiro atoms. The molecule has 0 heterocycles. The molecule has 0 bridgehead atoms. The predicted molar refractivity (Wildman–Crippen MR) is 87.5 cm³/mol. The first-order valence-electron chi connectivity index (χ1n) is 6.84. The van der Waals surface area contributed by atoms with Crippen molar-refractivity contribution in [3.63, 3.8) is 0 Å². The molecule has 0 unspecified atom stereocenters. The summed E-state index contributed by atoms with van der Waals surface area (Å²) in [5, 5.41) is 3.34. The maximum absolute atomic E-state index is 6.06. The summed E-state index contributed by atoms with van der Waals surface area (Å²) < 4.78 is 7.13. The van der Waals surface area contributed by atoms with Gasteiger partial charge in [-0.15, -0.1) is 0 Å².